The molecule has 0 aliphatic rings. The minimum Gasteiger partial charge on any atom is -0.497 e. The first-order valence-corrected chi connectivity index (χ1v) is 7.92. The fourth-order valence-corrected chi connectivity index (χ4v) is 3.64. The number of alkyl halides is 1. The summed E-state index contributed by atoms with van der Waals surface area (Å²) in [5.41, 5.74) is 2.38. The molecule has 2 unspecified atom stereocenters. The average molecular weight is 354 g/mol. The number of methoxy groups -OCH3 is 1. The van der Waals surface area contributed by atoms with Crippen LogP contribution in [0.3, 0.4) is 0 Å². The molecular weight excluding hydrogens is 336 g/mol. The maximum absolute atomic E-state index is 6.74. The number of hydrogen-bond acceptors (Lipinski definition) is 1. The zero-order valence-electron chi connectivity index (χ0n) is 11.6. The lowest BCUT2D eigenvalue weighted by Crippen LogP contribution is -2.06. The van der Waals surface area contributed by atoms with Crippen molar-refractivity contribution in [1.29, 1.82) is 0 Å². The van der Waals surface area contributed by atoms with Crippen molar-refractivity contribution in [3.63, 3.8) is 0 Å². The second-order valence-corrected chi connectivity index (χ2v) is 6.04. The van der Waals surface area contributed by atoms with E-state index in [1.54, 1.807) is 7.11 Å². The molecule has 2 rings (SSSR count). The van der Waals surface area contributed by atoms with Gasteiger partial charge in [-0.1, -0.05) is 59.3 Å². The summed E-state index contributed by atoms with van der Waals surface area (Å²) in [4.78, 5) is 0. The Morgan fingerprint density at radius 3 is 2.40 bits per heavy atom. The lowest BCUT2D eigenvalue weighted by Gasteiger charge is -2.23. The number of benzene rings is 2. The molecule has 0 fully saturated rings. The maximum Gasteiger partial charge on any atom is 0.120 e. The van der Waals surface area contributed by atoms with Crippen LogP contribution in [0, 0.1) is 0 Å². The van der Waals surface area contributed by atoms with Crippen LogP contribution in [0.25, 0.3) is 0 Å². The Hall–Kier alpha value is -0.990. The predicted molar refractivity (Wildman–Crippen MR) is 88.8 cm³/mol. The summed E-state index contributed by atoms with van der Waals surface area (Å²) in [5.74, 6) is 1.12. The van der Waals surface area contributed by atoms with E-state index < -0.39 is 0 Å². The number of ether oxygens (including phenoxy) is 1. The topological polar surface area (TPSA) is 9.23 Å². The molecule has 3 heteroatoms. The molecule has 106 valence electrons. The molecule has 2 aromatic carbocycles. The van der Waals surface area contributed by atoms with E-state index in [9.17, 15) is 0 Å². The zero-order valence-corrected chi connectivity index (χ0v) is 14.0. The Morgan fingerprint density at radius 2 is 1.85 bits per heavy atom. The first-order valence-electron chi connectivity index (χ1n) is 6.69. The van der Waals surface area contributed by atoms with Crippen molar-refractivity contribution in [3.8, 4) is 5.75 Å². The van der Waals surface area contributed by atoms with Gasteiger partial charge in [-0.2, -0.15) is 0 Å². The summed E-state index contributed by atoms with van der Waals surface area (Å²) in [7, 11) is 1.67. The van der Waals surface area contributed by atoms with E-state index in [4.69, 9.17) is 16.3 Å². The van der Waals surface area contributed by atoms with Gasteiger partial charge in [-0.3, -0.25) is 0 Å². The van der Waals surface area contributed by atoms with Crippen molar-refractivity contribution in [1.82, 2.24) is 0 Å². The van der Waals surface area contributed by atoms with Crippen LogP contribution in [-0.4, -0.2) is 7.11 Å². The van der Waals surface area contributed by atoms with E-state index in [0.717, 1.165) is 22.2 Å². The van der Waals surface area contributed by atoms with Crippen molar-refractivity contribution in [2.45, 2.75) is 24.6 Å². The number of halogens is 2. The van der Waals surface area contributed by atoms with Crippen molar-refractivity contribution in [2.75, 3.05) is 7.11 Å². The SMILES string of the molecule is CCC(c1ccccc1)C(Cl)c1ccc(OC)cc1Br. The largest absolute Gasteiger partial charge is 0.497 e. The molecule has 0 saturated carbocycles. The fraction of sp³-hybridized carbons (Fsp3) is 0.294. The van der Waals surface area contributed by atoms with Gasteiger partial charge in [0.15, 0.2) is 0 Å². The fourth-order valence-electron chi connectivity index (χ4n) is 2.39. The quantitative estimate of drug-likeness (QED) is 0.605. The second-order valence-electron chi connectivity index (χ2n) is 4.71. The molecule has 2 aromatic rings. The highest BCUT2D eigenvalue weighted by Crippen LogP contribution is 2.42. The van der Waals surface area contributed by atoms with Crippen LogP contribution in [0.1, 0.15) is 35.8 Å². The third-order valence-electron chi connectivity index (χ3n) is 3.53. The van der Waals surface area contributed by atoms with Crippen molar-refractivity contribution in [2.24, 2.45) is 0 Å². The van der Waals surface area contributed by atoms with Crippen molar-refractivity contribution in [3.05, 3.63) is 64.1 Å². The molecule has 0 heterocycles. The van der Waals surface area contributed by atoms with Gasteiger partial charge in [0.25, 0.3) is 0 Å². The van der Waals surface area contributed by atoms with Gasteiger partial charge in [-0.25, -0.2) is 0 Å². The zero-order chi connectivity index (χ0) is 14.5. The predicted octanol–water partition coefficient (Wildman–Crippen LogP) is 5.93. The van der Waals surface area contributed by atoms with E-state index in [1.807, 2.05) is 24.3 Å². The Kier molecular flexibility index (Phi) is 5.50. The summed E-state index contributed by atoms with van der Waals surface area (Å²) in [6.45, 7) is 2.17. The molecule has 1 nitrogen and oxygen atoms in total. The van der Waals surface area contributed by atoms with Gasteiger partial charge in [0.05, 0.1) is 12.5 Å². The molecule has 0 N–H and O–H groups in total. The van der Waals surface area contributed by atoms with Gasteiger partial charge >= 0.3 is 0 Å². The van der Waals surface area contributed by atoms with E-state index in [0.29, 0.717) is 5.92 Å². The third kappa shape index (κ3) is 3.36. The molecule has 0 amide bonds. The summed E-state index contributed by atoms with van der Waals surface area (Å²) < 4.78 is 6.22. The van der Waals surface area contributed by atoms with Gasteiger partial charge in [-0.15, -0.1) is 11.6 Å². The van der Waals surface area contributed by atoms with E-state index >= 15 is 0 Å². The molecule has 0 saturated heterocycles. The van der Waals surface area contributed by atoms with Crippen LogP contribution in [0.4, 0.5) is 0 Å². The highest BCUT2D eigenvalue weighted by atomic mass is 79.9. The van der Waals surface area contributed by atoms with Crippen LogP contribution in [0.5, 0.6) is 5.75 Å². The first kappa shape index (κ1) is 15.4. The van der Waals surface area contributed by atoms with Crippen LogP contribution >= 0.6 is 27.5 Å². The molecule has 0 aliphatic carbocycles. The van der Waals surface area contributed by atoms with Gasteiger partial charge in [0.2, 0.25) is 0 Å². The minimum atomic E-state index is -0.0670. The molecule has 0 spiro atoms. The number of rotatable bonds is 5. The van der Waals surface area contributed by atoms with Gasteiger partial charge < -0.3 is 4.74 Å². The van der Waals surface area contributed by atoms with Crippen LogP contribution in [0.15, 0.2) is 53.0 Å². The van der Waals surface area contributed by atoms with Crippen LogP contribution in [-0.2, 0) is 0 Å². The Morgan fingerprint density at radius 1 is 1.15 bits per heavy atom. The maximum atomic E-state index is 6.74. The second kappa shape index (κ2) is 7.14. The highest BCUT2D eigenvalue weighted by molar-refractivity contribution is 9.10. The van der Waals surface area contributed by atoms with E-state index in [2.05, 4.69) is 47.1 Å². The van der Waals surface area contributed by atoms with Crippen molar-refractivity contribution >= 4 is 27.5 Å². The van der Waals surface area contributed by atoms with E-state index in [-0.39, 0.29) is 5.38 Å². The smallest absolute Gasteiger partial charge is 0.120 e. The molecule has 0 bridgehead atoms. The van der Waals surface area contributed by atoms with Gasteiger partial charge in [0, 0.05) is 10.4 Å². The van der Waals surface area contributed by atoms with Gasteiger partial charge in [-0.05, 0) is 29.7 Å². The summed E-state index contributed by atoms with van der Waals surface area (Å²) in [6.07, 6.45) is 0.997. The van der Waals surface area contributed by atoms with E-state index in [1.165, 1.54) is 5.56 Å². The average Bonchev–Trinajstić information content (AvgIpc) is 2.48. The lowest BCUT2D eigenvalue weighted by atomic mass is 9.89. The van der Waals surface area contributed by atoms with Crippen LogP contribution in [0.2, 0.25) is 0 Å². The third-order valence-corrected chi connectivity index (χ3v) is 4.75. The molecular formula is C17H18BrClO. The summed E-state index contributed by atoms with van der Waals surface area (Å²) >= 11 is 10.3. The molecule has 0 radical (unpaired) electrons. The molecule has 0 aromatic heterocycles. The highest BCUT2D eigenvalue weighted by Gasteiger charge is 2.23. The van der Waals surface area contributed by atoms with Gasteiger partial charge in [0.1, 0.15) is 5.75 Å². The molecule has 20 heavy (non-hydrogen) atoms. The minimum absolute atomic E-state index is 0.0670. The molecule has 2 atom stereocenters. The standard InChI is InChI=1S/C17H18BrClO/c1-3-14(12-7-5-4-6-8-12)17(19)15-10-9-13(20-2)11-16(15)18/h4-11,14,17H,3H2,1-2H3. The molecule has 0 aliphatic heterocycles. The number of hydrogen-bond donors (Lipinski definition) is 0. The normalized spacial score (nSPS) is 13.8. The Labute approximate surface area is 134 Å². The first-order chi connectivity index (χ1) is 9.67. The summed E-state index contributed by atoms with van der Waals surface area (Å²) in [5, 5.41) is -0.0670. The monoisotopic (exact) mass is 352 g/mol. The Bertz CT molecular complexity index is 556. The Balaban J connectivity index is 2.31. The van der Waals surface area contributed by atoms with Crippen LogP contribution < -0.4 is 4.74 Å². The van der Waals surface area contributed by atoms with Crippen molar-refractivity contribution < 1.29 is 4.74 Å². The summed E-state index contributed by atoms with van der Waals surface area (Å²) in [6, 6.07) is 16.4. The lowest BCUT2D eigenvalue weighted by molar-refractivity contribution is 0.414.